The van der Waals surface area contributed by atoms with Crippen LogP contribution in [0.4, 0.5) is 0 Å². The minimum atomic E-state index is -1.10. The number of pyridine rings is 1. The first kappa shape index (κ1) is 31.4. The van der Waals surface area contributed by atoms with E-state index < -0.39 is 18.0 Å². The fourth-order valence-electron chi connectivity index (χ4n) is 4.33. The highest BCUT2D eigenvalue weighted by Crippen LogP contribution is 2.20. The molecule has 10 nitrogen and oxygen atoms in total. The highest BCUT2D eigenvalue weighted by Gasteiger charge is 2.26. The van der Waals surface area contributed by atoms with Gasteiger partial charge in [0.25, 0.3) is 0 Å². The summed E-state index contributed by atoms with van der Waals surface area (Å²) in [4.78, 5) is 44.6. The number of Topliss-reactive ketones (excluding diaryl/α,β-unsaturated/α-hetero) is 1. The minimum absolute atomic E-state index is 0.102. The number of benzene rings is 2. The molecule has 2 atom stereocenters. The van der Waals surface area contributed by atoms with Crippen LogP contribution in [0.1, 0.15) is 30.4 Å². The Labute approximate surface area is 241 Å². The maximum absolute atomic E-state index is 13.3. The molecule has 0 aliphatic carbocycles. The fraction of sp³-hybridized carbons (Fsp3) is 0.355. The van der Waals surface area contributed by atoms with Crippen LogP contribution < -0.4 is 27.3 Å². The number of ketones is 1. The molecule has 0 saturated carbocycles. The number of hydrogen-bond acceptors (Lipinski definition) is 8. The van der Waals surface area contributed by atoms with Gasteiger partial charge in [0.15, 0.2) is 5.78 Å². The maximum atomic E-state index is 13.3. The number of aryl methyl sites for hydroxylation is 2. The van der Waals surface area contributed by atoms with Gasteiger partial charge in [0.2, 0.25) is 17.7 Å². The molecule has 0 spiro atoms. The third-order valence-corrected chi connectivity index (χ3v) is 6.60. The van der Waals surface area contributed by atoms with E-state index in [4.69, 9.17) is 21.9 Å². The second kappa shape index (κ2) is 16.9. The van der Waals surface area contributed by atoms with Crippen molar-refractivity contribution >= 4 is 17.6 Å². The van der Waals surface area contributed by atoms with E-state index in [1.165, 1.54) is 4.90 Å². The van der Waals surface area contributed by atoms with Crippen LogP contribution in [0.25, 0.3) is 0 Å². The molecule has 0 saturated heterocycles. The first-order valence-corrected chi connectivity index (χ1v) is 13.9. The van der Waals surface area contributed by atoms with Crippen molar-refractivity contribution in [3.8, 4) is 11.6 Å². The van der Waals surface area contributed by atoms with E-state index in [9.17, 15) is 14.4 Å². The standard InChI is InChI=1S/C31H40N6O4/c32-17-20-37(21-18-33)30(39)22-26(34)31(40)36-27(15-11-23-6-2-1-3-7-23)28(38)16-12-24-9-13-25(14-10-24)41-29-8-4-5-19-35-29/h1-10,13-14,19,26-27H,11-12,15-18,20-22,32-34H2,(H,36,40)/t26-,27-/m0/s1. The summed E-state index contributed by atoms with van der Waals surface area (Å²) in [5, 5.41) is 2.81. The first-order chi connectivity index (χ1) is 19.9. The number of nitrogens with one attached hydrogen (secondary N) is 1. The Balaban J connectivity index is 1.60. The van der Waals surface area contributed by atoms with E-state index in [1.54, 1.807) is 12.3 Å². The van der Waals surface area contributed by atoms with Crippen LogP contribution in [-0.4, -0.2) is 65.7 Å². The van der Waals surface area contributed by atoms with Crippen LogP contribution in [0, 0.1) is 0 Å². The van der Waals surface area contributed by atoms with Crippen molar-refractivity contribution in [1.82, 2.24) is 15.2 Å². The number of carbonyl (C=O) groups is 3. The van der Waals surface area contributed by atoms with E-state index in [0.717, 1.165) is 11.1 Å². The van der Waals surface area contributed by atoms with Gasteiger partial charge in [-0.25, -0.2) is 4.98 Å². The van der Waals surface area contributed by atoms with E-state index in [2.05, 4.69) is 10.3 Å². The first-order valence-electron chi connectivity index (χ1n) is 13.9. The highest BCUT2D eigenvalue weighted by molar-refractivity contribution is 5.93. The molecule has 7 N–H and O–H groups in total. The van der Waals surface area contributed by atoms with Crippen molar-refractivity contribution in [3.05, 3.63) is 90.1 Å². The van der Waals surface area contributed by atoms with Gasteiger partial charge in [-0.2, -0.15) is 0 Å². The van der Waals surface area contributed by atoms with Crippen LogP contribution in [0.3, 0.4) is 0 Å². The number of carbonyl (C=O) groups excluding carboxylic acids is 3. The van der Waals surface area contributed by atoms with Gasteiger partial charge in [-0.05, 0) is 48.6 Å². The highest BCUT2D eigenvalue weighted by atomic mass is 16.5. The van der Waals surface area contributed by atoms with Gasteiger partial charge >= 0.3 is 0 Å². The summed E-state index contributed by atoms with van der Waals surface area (Å²) in [6.45, 7) is 1.23. The third kappa shape index (κ3) is 10.8. The summed E-state index contributed by atoms with van der Waals surface area (Å²) in [5.41, 5.74) is 19.3. The van der Waals surface area contributed by atoms with Crippen molar-refractivity contribution in [2.75, 3.05) is 26.2 Å². The Hall–Kier alpha value is -4.12. The molecule has 41 heavy (non-hydrogen) atoms. The zero-order valence-corrected chi connectivity index (χ0v) is 23.3. The Morgan fingerprint density at radius 1 is 0.854 bits per heavy atom. The Morgan fingerprint density at radius 3 is 2.15 bits per heavy atom. The van der Waals surface area contributed by atoms with Gasteiger partial charge < -0.3 is 32.2 Å². The van der Waals surface area contributed by atoms with Crippen molar-refractivity contribution in [2.24, 2.45) is 17.2 Å². The molecule has 2 aromatic carbocycles. The van der Waals surface area contributed by atoms with Gasteiger partial charge in [0.05, 0.1) is 18.5 Å². The normalized spacial score (nSPS) is 12.3. The van der Waals surface area contributed by atoms with E-state index in [1.807, 2.05) is 66.7 Å². The Morgan fingerprint density at radius 2 is 1.51 bits per heavy atom. The van der Waals surface area contributed by atoms with Crippen LogP contribution in [0.2, 0.25) is 0 Å². The molecule has 0 fully saturated rings. The Kier molecular flexibility index (Phi) is 12.9. The molecule has 0 aliphatic rings. The summed E-state index contributed by atoms with van der Waals surface area (Å²) in [7, 11) is 0. The lowest BCUT2D eigenvalue weighted by Crippen LogP contribution is -2.51. The van der Waals surface area contributed by atoms with Crippen LogP contribution in [0.15, 0.2) is 79.0 Å². The molecule has 0 bridgehead atoms. The molecule has 0 unspecified atom stereocenters. The smallest absolute Gasteiger partial charge is 0.238 e. The molecule has 10 heteroatoms. The van der Waals surface area contributed by atoms with Crippen molar-refractivity contribution in [3.63, 3.8) is 0 Å². The summed E-state index contributed by atoms with van der Waals surface area (Å²) < 4.78 is 5.73. The zero-order chi connectivity index (χ0) is 29.5. The van der Waals surface area contributed by atoms with Crippen molar-refractivity contribution < 1.29 is 19.1 Å². The summed E-state index contributed by atoms with van der Waals surface area (Å²) >= 11 is 0. The number of hydrogen-bond donors (Lipinski definition) is 4. The average Bonchev–Trinajstić information content (AvgIpc) is 2.99. The number of nitrogens with two attached hydrogens (primary N) is 3. The van der Waals surface area contributed by atoms with Gasteiger partial charge in [0.1, 0.15) is 5.75 Å². The number of aromatic nitrogens is 1. The summed E-state index contributed by atoms with van der Waals surface area (Å²) in [6, 6.07) is 20.8. The van der Waals surface area contributed by atoms with Gasteiger partial charge in [0, 0.05) is 44.9 Å². The van der Waals surface area contributed by atoms with Crippen LogP contribution in [0.5, 0.6) is 11.6 Å². The third-order valence-electron chi connectivity index (χ3n) is 6.60. The topological polar surface area (TPSA) is 167 Å². The van der Waals surface area contributed by atoms with E-state index in [0.29, 0.717) is 44.0 Å². The summed E-state index contributed by atoms with van der Waals surface area (Å²) in [5.74, 6) is 0.201. The molecule has 0 radical (unpaired) electrons. The number of nitrogens with zero attached hydrogens (tertiary/aromatic N) is 2. The molecule has 218 valence electrons. The van der Waals surface area contributed by atoms with Crippen LogP contribution in [-0.2, 0) is 27.2 Å². The van der Waals surface area contributed by atoms with Gasteiger partial charge in [-0.15, -0.1) is 0 Å². The average molecular weight is 561 g/mol. The van der Waals surface area contributed by atoms with Gasteiger partial charge in [-0.1, -0.05) is 48.5 Å². The predicted octanol–water partition coefficient (Wildman–Crippen LogP) is 1.96. The second-order valence-corrected chi connectivity index (χ2v) is 9.73. The van der Waals surface area contributed by atoms with Crippen molar-refractivity contribution in [1.29, 1.82) is 0 Å². The molecular formula is C31H40N6O4. The minimum Gasteiger partial charge on any atom is -0.439 e. The lowest BCUT2D eigenvalue weighted by molar-refractivity contribution is -0.135. The van der Waals surface area contributed by atoms with Gasteiger partial charge in [-0.3, -0.25) is 14.4 Å². The lowest BCUT2D eigenvalue weighted by Gasteiger charge is -2.24. The number of amides is 2. The Bertz CT molecular complexity index is 1220. The quantitative estimate of drug-likeness (QED) is 0.194. The van der Waals surface area contributed by atoms with E-state index in [-0.39, 0.29) is 37.6 Å². The van der Waals surface area contributed by atoms with Crippen molar-refractivity contribution in [2.45, 2.75) is 44.2 Å². The fourth-order valence-corrected chi connectivity index (χ4v) is 4.33. The maximum Gasteiger partial charge on any atom is 0.238 e. The zero-order valence-electron chi connectivity index (χ0n) is 23.3. The summed E-state index contributed by atoms with van der Waals surface area (Å²) in [6.07, 6.45) is 3.21. The predicted molar refractivity (Wildman–Crippen MR) is 158 cm³/mol. The molecule has 0 aliphatic heterocycles. The molecule has 1 aromatic heterocycles. The van der Waals surface area contributed by atoms with E-state index >= 15 is 0 Å². The second-order valence-electron chi connectivity index (χ2n) is 9.73. The SMILES string of the molecule is NCCN(CCN)C(=O)C[C@H](N)C(=O)N[C@@H](CCc1ccccc1)C(=O)CCc1ccc(Oc2ccccn2)cc1. The molecule has 3 aromatic rings. The number of ether oxygens (including phenoxy) is 1. The molecule has 2 amide bonds. The lowest BCUT2D eigenvalue weighted by atomic mass is 9.97. The molecule has 3 rings (SSSR count). The molecule has 1 heterocycles. The largest absolute Gasteiger partial charge is 0.439 e. The number of rotatable bonds is 17. The monoisotopic (exact) mass is 560 g/mol. The van der Waals surface area contributed by atoms with Crippen LogP contribution >= 0.6 is 0 Å². The molecular weight excluding hydrogens is 520 g/mol.